The smallest absolute Gasteiger partial charge is 0.282 e. The molecular formula is C7H13N5O3S2. The van der Waals surface area contributed by atoms with Crippen molar-refractivity contribution in [2.24, 2.45) is 5.14 Å². The average Bonchev–Trinajstić information content (AvgIpc) is 2.65. The van der Waals surface area contributed by atoms with E-state index in [9.17, 15) is 13.2 Å². The van der Waals surface area contributed by atoms with Crippen LogP contribution in [0.5, 0.6) is 0 Å². The van der Waals surface area contributed by atoms with Gasteiger partial charge < -0.3 is 10.6 Å². The Balaban J connectivity index is 2.46. The van der Waals surface area contributed by atoms with Gasteiger partial charge in [0.25, 0.3) is 5.91 Å². The molecule has 0 fully saturated rings. The molecule has 1 heterocycles. The summed E-state index contributed by atoms with van der Waals surface area (Å²) in [7, 11) is -3.57. The summed E-state index contributed by atoms with van der Waals surface area (Å²) >= 11 is 1.10. The number of carbonyl (C=O) groups is 1. The maximum absolute atomic E-state index is 11.5. The van der Waals surface area contributed by atoms with Crippen LogP contribution in [0.15, 0.2) is 0 Å². The minimum Gasteiger partial charge on any atom is -0.360 e. The summed E-state index contributed by atoms with van der Waals surface area (Å²) in [6.45, 7) is 2.53. The fourth-order valence-electron chi connectivity index (χ4n) is 0.920. The van der Waals surface area contributed by atoms with E-state index in [-0.39, 0.29) is 17.3 Å². The molecule has 0 radical (unpaired) electrons. The Kier molecular flexibility index (Phi) is 4.78. The van der Waals surface area contributed by atoms with Crippen LogP contribution in [0, 0.1) is 0 Å². The third kappa shape index (κ3) is 5.06. The number of amides is 1. The molecule has 0 aliphatic heterocycles. The molecule has 0 unspecified atom stereocenters. The molecule has 4 N–H and O–H groups in total. The van der Waals surface area contributed by atoms with E-state index >= 15 is 0 Å². The van der Waals surface area contributed by atoms with Crippen LogP contribution in [0.4, 0.5) is 5.13 Å². The number of nitrogens with two attached hydrogens (primary N) is 1. The van der Waals surface area contributed by atoms with Gasteiger partial charge in [-0.05, 0) is 6.92 Å². The van der Waals surface area contributed by atoms with Crippen molar-refractivity contribution in [3.8, 4) is 0 Å². The number of hydrogen-bond donors (Lipinski definition) is 3. The minimum absolute atomic E-state index is 0.0478. The van der Waals surface area contributed by atoms with E-state index < -0.39 is 15.9 Å². The first-order valence-electron chi connectivity index (χ1n) is 4.78. The van der Waals surface area contributed by atoms with Gasteiger partial charge in [0.1, 0.15) is 0 Å². The van der Waals surface area contributed by atoms with Crippen molar-refractivity contribution in [1.29, 1.82) is 0 Å². The van der Waals surface area contributed by atoms with Crippen molar-refractivity contribution in [3.63, 3.8) is 0 Å². The van der Waals surface area contributed by atoms with E-state index in [1.54, 1.807) is 0 Å². The van der Waals surface area contributed by atoms with Crippen molar-refractivity contribution in [1.82, 2.24) is 15.5 Å². The Labute approximate surface area is 103 Å². The van der Waals surface area contributed by atoms with Crippen molar-refractivity contribution in [2.45, 2.75) is 6.92 Å². The second kappa shape index (κ2) is 5.89. The molecule has 0 saturated carbocycles. The van der Waals surface area contributed by atoms with Gasteiger partial charge in [-0.3, -0.25) is 4.79 Å². The molecule has 1 aromatic heterocycles. The van der Waals surface area contributed by atoms with Crippen LogP contribution in [-0.2, 0) is 10.0 Å². The van der Waals surface area contributed by atoms with Crippen molar-refractivity contribution in [3.05, 3.63) is 5.01 Å². The second-order valence-electron chi connectivity index (χ2n) is 3.07. The first-order chi connectivity index (χ1) is 7.92. The van der Waals surface area contributed by atoms with Gasteiger partial charge in [0.05, 0.1) is 5.75 Å². The second-order valence-corrected chi connectivity index (χ2v) is 5.78. The molecule has 0 aliphatic carbocycles. The van der Waals surface area contributed by atoms with Gasteiger partial charge in [0.15, 0.2) is 0 Å². The van der Waals surface area contributed by atoms with Gasteiger partial charge in [-0.1, -0.05) is 11.3 Å². The number of nitrogens with zero attached hydrogens (tertiary/aromatic N) is 2. The van der Waals surface area contributed by atoms with Gasteiger partial charge in [-0.25, -0.2) is 13.6 Å². The predicted molar refractivity (Wildman–Crippen MR) is 64.4 cm³/mol. The first-order valence-corrected chi connectivity index (χ1v) is 7.31. The van der Waals surface area contributed by atoms with E-state index in [1.165, 1.54) is 0 Å². The highest BCUT2D eigenvalue weighted by Crippen LogP contribution is 2.14. The molecule has 1 amide bonds. The minimum atomic E-state index is -3.57. The molecule has 0 spiro atoms. The fraction of sp³-hybridized carbons (Fsp3) is 0.571. The molecule has 0 bridgehead atoms. The van der Waals surface area contributed by atoms with Crippen LogP contribution >= 0.6 is 11.3 Å². The summed E-state index contributed by atoms with van der Waals surface area (Å²) < 4.78 is 21.3. The molecule has 0 saturated heterocycles. The zero-order valence-electron chi connectivity index (χ0n) is 9.13. The van der Waals surface area contributed by atoms with Crippen molar-refractivity contribution in [2.75, 3.05) is 24.2 Å². The van der Waals surface area contributed by atoms with E-state index in [0.717, 1.165) is 11.3 Å². The number of anilines is 1. The van der Waals surface area contributed by atoms with Gasteiger partial charge in [-0.2, -0.15) is 0 Å². The third-order valence-corrected chi connectivity index (χ3v) is 3.27. The first kappa shape index (κ1) is 13.8. The van der Waals surface area contributed by atoms with Crippen LogP contribution < -0.4 is 15.8 Å². The Bertz CT molecular complexity index is 483. The van der Waals surface area contributed by atoms with Crippen LogP contribution in [0.3, 0.4) is 0 Å². The van der Waals surface area contributed by atoms with Crippen molar-refractivity contribution < 1.29 is 13.2 Å². The molecule has 8 nitrogen and oxygen atoms in total. The lowest BCUT2D eigenvalue weighted by atomic mass is 10.6. The van der Waals surface area contributed by atoms with Crippen LogP contribution in [0.1, 0.15) is 16.7 Å². The summed E-state index contributed by atoms with van der Waals surface area (Å²) in [5, 5.41) is 18.2. The van der Waals surface area contributed by atoms with Gasteiger partial charge >= 0.3 is 0 Å². The zero-order chi connectivity index (χ0) is 12.9. The Morgan fingerprint density at radius 1 is 1.47 bits per heavy atom. The lowest BCUT2D eigenvalue weighted by Gasteiger charge is -2.00. The molecule has 0 atom stereocenters. The average molecular weight is 279 g/mol. The maximum Gasteiger partial charge on any atom is 0.282 e. The highest BCUT2D eigenvalue weighted by Gasteiger charge is 2.12. The largest absolute Gasteiger partial charge is 0.360 e. The van der Waals surface area contributed by atoms with E-state index in [2.05, 4.69) is 20.8 Å². The highest BCUT2D eigenvalue weighted by atomic mass is 32.2. The molecule has 10 heteroatoms. The predicted octanol–water partition coefficient (Wildman–Crippen LogP) is -1.01. The normalized spacial score (nSPS) is 11.2. The molecule has 0 aromatic carbocycles. The SMILES string of the molecule is CCNc1nnc(C(=O)NCCS(N)(=O)=O)s1. The topological polar surface area (TPSA) is 127 Å². The summed E-state index contributed by atoms with van der Waals surface area (Å²) in [6.07, 6.45) is 0. The van der Waals surface area contributed by atoms with Crippen LogP contribution in [-0.4, -0.2) is 43.4 Å². The Hall–Kier alpha value is -1.26. The maximum atomic E-state index is 11.5. The van der Waals surface area contributed by atoms with Crippen LogP contribution in [0.2, 0.25) is 0 Å². The summed E-state index contributed by atoms with van der Waals surface area (Å²) in [5.41, 5.74) is 0. The van der Waals surface area contributed by atoms with Gasteiger partial charge in [0.2, 0.25) is 20.2 Å². The monoisotopic (exact) mass is 279 g/mol. The number of nitrogens with one attached hydrogen (secondary N) is 2. The Morgan fingerprint density at radius 3 is 2.76 bits per heavy atom. The van der Waals surface area contributed by atoms with Crippen molar-refractivity contribution >= 4 is 32.4 Å². The van der Waals surface area contributed by atoms with Gasteiger partial charge in [0, 0.05) is 13.1 Å². The quantitative estimate of drug-likeness (QED) is 0.612. The number of rotatable bonds is 6. The number of sulfonamides is 1. The molecule has 96 valence electrons. The van der Waals surface area contributed by atoms with E-state index in [1.807, 2.05) is 6.92 Å². The fourth-order valence-corrected chi connectivity index (χ4v) is 2.03. The Morgan fingerprint density at radius 2 is 2.18 bits per heavy atom. The number of carbonyl (C=O) groups excluding carboxylic acids is 1. The summed E-state index contributed by atoms with van der Waals surface area (Å²) in [5.74, 6) is -0.771. The zero-order valence-corrected chi connectivity index (χ0v) is 10.8. The molecular weight excluding hydrogens is 266 g/mol. The third-order valence-electron chi connectivity index (χ3n) is 1.62. The summed E-state index contributed by atoms with van der Waals surface area (Å²) in [4.78, 5) is 11.5. The number of primary sulfonamides is 1. The standard InChI is InChI=1S/C7H13N5O3S2/c1-2-9-7-12-11-6(16-7)5(13)10-3-4-17(8,14)15/h2-4H2,1H3,(H,9,12)(H,10,13)(H2,8,14,15). The molecule has 17 heavy (non-hydrogen) atoms. The van der Waals surface area contributed by atoms with Crippen LogP contribution in [0.25, 0.3) is 0 Å². The number of aromatic nitrogens is 2. The highest BCUT2D eigenvalue weighted by molar-refractivity contribution is 7.89. The molecule has 1 aromatic rings. The summed E-state index contributed by atoms with van der Waals surface area (Å²) in [6, 6.07) is 0. The number of hydrogen-bond acceptors (Lipinski definition) is 7. The molecule has 0 aliphatic rings. The lowest BCUT2D eigenvalue weighted by Crippen LogP contribution is -2.31. The van der Waals surface area contributed by atoms with Gasteiger partial charge in [-0.15, -0.1) is 10.2 Å². The lowest BCUT2D eigenvalue weighted by molar-refractivity contribution is 0.0955. The van der Waals surface area contributed by atoms with E-state index in [0.29, 0.717) is 11.7 Å². The molecule has 1 rings (SSSR count). The van der Waals surface area contributed by atoms with E-state index in [4.69, 9.17) is 5.14 Å².